The van der Waals surface area contributed by atoms with Crippen molar-refractivity contribution in [2.24, 2.45) is 0 Å². The number of fused-ring (bicyclic) bond motifs is 2. The molecule has 13 heteroatoms. The number of halogens is 1. The Morgan fingerprint density at radius 3 is 2.79 bits per heavy atom. The van der Waals surface area contributed by atoms with Crippen LogP contribution >= 0.6 is 46.0 Å². The third-order valence-electron chi connectivity index (χ3n) is 5.13. The maximum atomic E-state index is 11.3. The van der Waals surface area contributed by atoms with E-state index in [0.717, 1.165) is 30.1 Å². The molecule has 0 unspecified atom stereocenters. The SMILES string of the molecule is COc1ccc2c(c1)N(CCC(=O)O)C(=Cc1sc3cc(Cl)sc3[n+]1CCCCS(=O)(=O)[O-])S2. The van der Waals surface area contributed by atoms with Crippen LogP contribution in [0.5, 0.6) is 5.75 Å². The minimum atomic E-state index is -4.24. The molecule has 3 heterocycles. The first-order valence-electron chi connectivity index (χ1n) is 10.3. The third kappa shape index (κ3) is 5.86. The first kappa shape index (κ1) is 25.3. The van der Waals surface area contributed by atoms with Gasteiger partial charge in [-0.3, -0.25) is 4.79 Å². The van der Waals surface area contributed by atoms with Gasteiger partial charge in [-0.1, -0.05) is 46.0 Å². The first-order chi connectivity index (χ1) is 16.1. The molecule has 1 N–H and O–H groups in total. The standard InChI is InChI=1S/C21H21ClN2O6S4/c1-30-13-4-5-15-14(10-13)23(8-6-20(25)26)18(31-15)12-19-24(7-2-3-9-34(27,28)29)21-16(32-19)11-17(22)33-21/h4-5,10-12H,2-3,6-9H2,1H3,(H-,25,26,27,28,29). The van der Waals surface area contributed by atoms with Gasteiger partial charge in [-0.25, -0.2) is 8.42 Å². The van der Waals surface area contributed by atoms with Crippen LogP contribution in [0.15, 0.2) is 34.2 Å². The van der Waals surface area contributed by atoms with E-state index in [4.69, 9.17) is 16.3 Å². The lowest BCUT2D eigenvalue weighted by molar-refractivity contribution is -0.667. The number of aliphatic carboxylic acids is 1. The first-order valence-corrected chi connectivity index (χ1v) is 14.7. The molecule has 1 aromatic carbocycles. The van der Waals surface area contributed by atoms with Crippen LogP contribution in [-0.2, 0) is 21.5 Å². The highest BCUT2D eigenvalue weighted by atomic mass is 35.5. The summed E-state index contributed by atoms with van der Waals surface area (Å²) in [5.74, 6) is -0.579. The van der Waals surface area contributed by atoms with E-state index in [2.05, 4.69) is 4.57 Å². The van der Waals surface area contributed by atoms with Crippen molar-refractivity contribution < 1.29 is 32.2 Å². The summed E-state index contributed by atoms with van der Waals surface area (Å²) in [7, 11) is -2.65. The number of aromatic nitrogens is 1. The molecule has 0 spiro atoms. The Bertz CT molecular complexity index is 1370. The summed E-state index contributed by atoms with van der Waals surface area (Å²) in [5.41, 5.74) is 0.894. The second-order valence-corrected chi connectivity index (χ2v) is 12.8. The smallest absolute Gasteiger partial charge is 0.305 e. The number of thiophene rings is 1. The van der Waals surface area contributed by atoms with Gasteiger partial charge < -0.3 is 19.3 Å². The van der Waals surface area contributed by atoms with Crippen LogP contribution in [0.25, 0.3) is 15.6 Å². The van der Waals surface area contributed by atoms with Crippen LogP contribution in [0.2, 0.25) is 4.34 Å². The normalized spacial score (nSPS) is 14.8. The number of benzene rings is 1. The van der Waals surface area contributed by atoms with Gasteiger partial charge in [0, 0.05) is 29.7 Å². The van der Waals surface area contributed by atoms with Gasteiger partial charge in [0.25, 0.3) is 9.84 Å². The number of nitrogens with zero attached hydrogens (tertiary/aromatic N) is 2. The molecule has 8 nitrogen and oxygen atoms in total. The number of hydrogen-bond donors (Lipinski definition) is 1. The quantitative estimate of drug-likeness (QED) is 0.217. The molecule has 182 valence electrons. The Labute approximate surface area is 214 Å². The molecular formula is C21H21ClN2O6S4. The van der Waals surface area contributed by atoms with Crippen molar-refractivity contribution in [2.75, 3.05) is 24.3 Å². The number of unbranched alkanes of at least 4 members (excludes halogenated alkanes) is 1. The monoisotopic (exact) mass is 560 g/mol. The second kappa shape index (κ2) is 10.4. The number of carboxylic acids is 1. The lowest BCUT2D eigenvalue weighted by Crippen LogP contribution is -2.35. The molecule has 0 aliphatic carbocycles. The average molecular weight is 561 g/mol. The van der Waals surface area contributed by atoms with Crippen molar-refractivity contribution >= 4 is 83.4 Å². The zero-order chi connectivity index (χ0) is 24.5. The third-order valence-corrected chi connectivity index (χ3v) is 9.53. The van der Waals surface area contributed by atoms with Crippen LogP contribution in [0, 0.1) is 0 Å². The summed E-state index contributed by atoms with van der Waals surface area (Å²) in [6, 6.07) is 7.63. The number of thioether (sulfide) groups is 1. The van der Waals surface area contributed by atoms with Crippen molar-refractivity contribution in [1.82, 2.24) is 0 Å². The predicted octanol–water partition coefficient (Wildman–Crippen LogP) is 4.62. The highest BCUT2D eigenvalue weighted by Gasteiger charge is 2.29. The molecule has 0 saturated heterocycles. The zero-order valence-corrected chi connectivity index (χ0v) is 22.0. The molecule has 0 saturated carbocycles. The van der Waals surface area contributed by atoms with Crippen LogP contribution in [0.3, 0.4) is 0 Å². The number of hydrogen-bond acceptors (Lipinski definition) is 9. The van der Waals surface area contributed by atoms with E-state index in [-0.39, 0.29) is 12.8 Å². The van der Waals surface area contributed by atoms with Crippen LogP contribution in [-0.4, -0.2) is 43.5 Å². The van der Waals surface area contributed by atoms with E-state index in [1.165, 1.54) is 11.3 Å². The maximum Gasteiger partial charge on any atom is 0.305 e. The molecule has 2 aromatic heterocycles. The molecule has 1 aliphatic rings. The number of ether oxygens (including phenoxy) is 1. The van der Waals surface area contributed by atoms with Gasteiger partial charge in [-0.15, -0.1) is 0 Å². The summed E-state index contributed by atoms with van der Waals surface area (Å²) < 4.78 is 42.0. The molecular weight excluding hydrogens is 540 g/mol. The molecule has 0 radical (unpaired) electrons. The van der Waals surface area contributed by atoms with Crippen molar-refractivity contribution in [3.8, 4) is 5.75 Å². The van der Waals surface area contributed by atoms with Gasteiger partial charge in [-0.2, -0.15) is 4.57 Å². The second-order valence-electron chi connectivity index (χ2n) is 7.49. The van der Waals surface area contributed by atoms with Gasteiger partial charge in [0.05, 0.1) is 40.4 Å². The maximum absolute atomic E-state index is 11.3. The number of carbonyl (C=O) groups is 1. The Morgan fingerprint density at radius 2 is 2.09 bits per heavy atom. The molecule has 0 bridgehead atoms. The number of carboxylic acid groups (broad SMARTS) is 1. The minimum absolute atomic E-state index is 0.0205. The van der Waals surface area contributed by atoms with Gasteiger partial charge in [0.1, 0.15) is 14.8 Å². The lowest BCUT2D eigenvalue weighted by Gasteiger charge is -2.19. The predicted molar refractivity (Wildman–Crippen MR) is 135 cm³/mol. The van der Waals surface area contributed by atoms with E-state index in [1.807, 2.05) is 35.2 Å². The van der Waals surface area contributed by atoms with E-state index < -0.39 is 21.8 Å². The Hall–Kier alpha value is -1.83. The summed E-state index contributed by atoms with van der Waals surface area (Å²) in [5, 5.41) is 11.1. The molecule has 34 heavy (non-hydrogen) atoms. The zero-order valence-electron chi connectivity index (χ0n) is 18.0. The van der Waals surface area contributed by atoms with Gasteiger partial charge in [0.2, 0.25) is 0 Å². The number of anilines is 1. The molecule has 0 fully saturated rings. The van der Waals surface area contributed by atoms with E-state index in [9.17, 15) is 22.9 Å². The fourth-order valence-corrected chi connectivity index (χ4v) is 7.99. The Morgan fingerprint density at radius 1 is 1.29 bits per heavy atom. The van der Waals surface area contributed by atoms with Crippen LogP contribution in [0.1, 0.15) is 24.3 Å². The summed E-state index contributed by atoms with van der Waals surface area (Å²) in [6.45, 7) is 0.841. The van der Waals surface area contributed by atoms with E-state index in [0.29, 0.717) is 29.6 Å². The molecule has 3 aromatic rings. The highest BCUT2D eigenvalue weighted by molar-refractivity contribution is 8.03. The van der Waals surface area contributed by atoms with Crippen molar-refractivity contribution in [1.29, 1.82) is 0 Å². The molecule has 0 atom stereocenters. The van der Waals surface area contributed by atoms with Gasteiger partial charge >= 0.3 is 5.97 Å². The van der Waals surface area contributed by atoms with Crippen LogP contribution in [0.4, 0.5) is 5.69 Å². The van der Waals surface area contributed by atoms with Crippen molar-refractivity contribution in [3.63, 3.8) is 0 Å². The average Bonchev–Trinajstić information content (AvgIpc) is 3.38. The largest absolute Gasteiger partial charge is 0.748 e. The molecule has 1 aliphatic heterocycles. The number of aryl methyl sites for hydroxylation is 1. The highest BCUT2D eigenvalue weighted by Crippen LogP contribution is 2.48. The topological polar surface area (TPSA) is 111 Å². The van der Waals surface area contributed by atoms with Crippen molar-refractivity contribution in [3.05, 3.63) is 38.6 Å². The minimum Gasteiger partial charge on any atom is -0.748 e. The Kier molecular flexibility index (Phi) is 7.75. The molecule has 4 rings (SSSR count). The summed E-state index contributed by atoms with van der Waals surface area (Å²) >= 11 is 10.8. The lowest BCUT2D eigenvalue weighted by atomic mass is 10.2. The fraction of sp³-hybridized carbons (Fsp3) is 0.333. The number of rotatable bonds is 10. The summed E-state index contributed by atoms with van der Waals surface area (Å²) in [6.07, 6.45) is 2.80. The van der Waals surface area contributed by atoms with E-state index >= 15 is 0 Å². The van der Waals surface area contributed by atoms with Gasteiger partial charge in [-0.05, 0) is 24.6 Å². The fourth-order valence-electron chi connectivity index (χ4n) is 3.59. The number of methoxy groups -OCH3 is 1. The van der Waals surface area contributed by atoms with Crippen molar-refractivity contribution in [2.45, 2.75) is 30.7 Å². The number of thiazole rings is 1. The van der Waals surface area contributed by atoms with E-state index in [1.54, 1.807) is 30.2 Å². The Balaban J connectivity index is 1.68. The van der Waals surface area contributed by atoms with Gasteiger partial charge in [0.15, 0.2) is 6.54 Å². The summed E-state index contributed by atoms with van der Waals surface area (Å²) in [4.78, 5) is 15.2. The van der Waals surface area contributed by atoms with Crippen LogP contribution < -0.4 is 14.2 Å². The molecule has 0 amide bonds.